The van der Waals surface area contributed by atoms with Gasteiger partial charge in [-0.2, -0.15) is 0 Å². The van der Waals surface area contributed by atoms with Gasteiger partial charge in [0.25, 0.3) is 0 Å². The molecule has 1 aliphatic heterocycles. The number of anilines is 2. The lowest BCUT2D eigenvalue weighted by atomic mass is 9.90. The van der Waals surface area contributed by atoms with Gasteiger partial charge >= 0.3 is 0 Å². The molecular weight excluding hydrogens is 463 g/mol. The molecule has 11 heteroatoms. The van der Waals surface area contributed by atoms with E-state index in [4.69, 9.17) is 27.2 Å². The molecular formula is C23H30ClFN6O3. The van der Waals surface area contributed by atoms with Crippen molar-refractivity contribution < 1.29 is 19.3 Å². The third-order valence-electron chi connectivity index (χ3n) is 5.88. The third kappa shape index (κ3) is 5.41. The number of rotatable bonds is 4. The van der Waals surface area contributed by atoms with Crippen molar-refractivity contribution in [3.63, 3.8) is 0 Å². The van der Waals surface area contributed by atoms with E-state index in [1.807, 2.05) is 18.4 Å². The number of nitrogen functional groups attached to an aromatic ring is 1. The second-order valence-corrected chi connectivity index (χ2v) is 9.39. The van der Waals surface area contributed by atoms with Gasteiger partial charge in [0, 0.05) is 24.3 Å². The van der Waals surface area contributed by atoms with Gasteiger partial charge in [-0.1, -0.05) is 11.6 Å². The Balaban J connectivity index is 0.000000336. The molecule has 2 fully saturated rings. The van der Waals surface area contributed by atoms with E-state index in [9.17, 15) is 9.50 Å². The number of nitrogens with two attached hydrogens (primary N) is 1. The molecule has 0 spiro atoms. The highest BCUT2D eigenvalue weighted by Crippen LogP contribution is 2.34. The molecule has 0 amide bonds. The van der Waals surface area contributed by atoms with Crippen molar-refractivity contribution in [1.82, 2.24) is 19.5 Å². The van der Waals surface area contributed by atoms with Gasteiger partial charge in [-0.15, -0.1) is 0 Å². The normalized spacial score (nSPS) is 22.3. The second-order valence-electron chi connectivity index (χ2n) is 8.99. The highest BCUT2D eigenvalue weighted by atomic mass is 35.5. The molecule has 9 nitrogen and oxygen atoms in total. The molecule has 1 aromatic carbocycles. The predicted molar refractivity (Wildman–Crippen MR) is 129 cm³/mol. The second kappa shape index (κ2) is 10.4. The predicted octanol–water partition coefficient (Wildman–Crippen LogP) is 3.54. The molecule has 34 heavy (non-hydrogen) atoms. The smallest absolute Gasteiger partial charge is 0.220 e. The monoisotopic (exact) mass is 492 g/mol. The van der Waals surface area contributed by atoms with E-state index in [0.717, 1.165) is 19.4 Å². The first-order chi connectivity index (χ1) is 16.2. The Bertz CT molecular complexity index is 1150. The van der Waals surface area contributed by atoms with Crippen LogP contribution in [0.3, 0.4) is 0 Å². The zero-order valence-electron chi connectivity index (χ0n) is 19.2. The highest BCUT2D eigenvalue weighted by molar-refractivity contribution is 6.33. The van der Waals surface area contributed by atoms with E-state index in [2.05, 4.69) is 20.3 Å². The van der Waals surface area contributed by atoms with Crippen molar-refractivity contribution >= 4 is 34.5 Å². The number of aliphatic hydroxyl groups is 2. The number of hydrogen-bond donors (Lipinski definition) is 4. The van der Waals surface area contributed by atoms with Crippen LogP contribution in [0.15, 0.2) is 18.3 Å². The minimum Gasteiger partial charge on any atom is -0.393 e. The summed E-state index contributed by atoms with van der Waals surface area (Å²) in [5.74, 6) is 0.186. The van der Waals surface area contributed by atoms with Crippen LogP contribution in [0, 0.1) is 5.82 Å². The molecule has 3 heterocycles. The van der Waals surface area contributed by atoms with Gasteiger partial charge in [0.15, 0.2) is 5.82 Å². The van der Waals surface area contributed by atoms with E-state index < -0.39 is 5.82 Å². The Hall–Kier alpha value is -2.53. The molecule has 3 aromatic rings. The standard InChI is InChI=1S/C18H20ClFN6O.C5H10O2/c1-8(2)26-14-4-9(15-12(19)7-22-17(21)24-15)3-13(20)16(14)25-18(26)23-10-5-11(27)6-10;6-5-2-1-3-7-4-5/h3-4,7-8,10-11,27H,5-6H2,1-2H3,(H,23,25)(H2,21,22,24);5-6H,1-4H2. The van der Waals surface area contributed by atoms with Crippen LogP contribution in [0.2, 0.25) is 5.02 Å². The van der Waals surface area contributed by atoms with Crippen LogP contribution in [0.5, 0.6) is 0 Å². The molecule has 2 aliphatic rings. The van der Waals surface area contributed by atoms with Crippen LogP contribution >= 0.6 is 11.6 Å². The lowest BCUT2D eigenvalue weighted by Gasteiger charge is -2.32. The minimum atomic E-state index is -0.466. The summed E-state index contributed by atoms with van der Waals surface area (Å²) in [4.78, 5) is 12.5. The molecule has 2 aromatic heterocycles. The Labute approximate surface area is 202 Å². The van der Waals surface area contributed by atoms with Crippen molar-refractivity contribution in [3.05, 3.63) is 29.2 Å². The van der Waals surface area contributed by atoms with Gasteiger partial charge in [-0.3, -0.25) is 0 Å². The molecule has 1 saturated heterocycles. The van der Waals surface area contributed by atoms with E-state index in [1.54, 1.807) is 6.07 Å². The van der Waals surface area contributed by atoms with Crippen LogP contribution in [0.1, 0.15) is 45.6 Å². The maximum Gasteiger partial charge on any atom is 0.220 e. The number of aromatic nitrogens is 4. The van der Waals surface area contributed by atoms with Crippen LogP contribution in [-0.4, -0.2) is 61.2 Å². The Morgan fingerprint density at radius 1 is 1.24 bits per heavy atom. The molecule has 184 valence electrons. The average molecular weight is 493 g/mol. The Morgan fingerprint density at radius 2 is 2.00 bits per heavy atom. The first-order valence-corrected chi connectivity index (χ1v) is 11.8. The topological polar surface area (TPSA) is 131 Å². The third-order valence-corrected chi connectivity index (χ3v) is 6.16. The number of ether oxygens (including phenoxy) is 1. The van der Waals surface area contributed by atoms with Gasteiger partial charge in [0.05, 0.1) is 41.2 Å². The van der Waals surface area contributed by atoms with Crippen LogP contribution < -0.4 is 11.1 Å². The van der Waals surface area contributed by atoms with Gasteiger partial charge in [0.1, 0.15) is 5.52 Å². The van der Waals surface area contributed by atoms with Crippen LogP contribution in [0.25, 0.3) is 22.3 Å². The van der Waals surface area contributed by atoms with Crippen molar-refractivity contribution in [1.29, 1.82) is 0 Å². The molecule has 1 atom stereocenters. The average Bonchev–Trinajstić information content (AvgIpc) is 3.14. The number of hydrogen-bond acceptors (Lipinski definition) is 8. The molecule has 5 N–H and O–H groups in total. The van der Waals surface area contributed by atoms with Gasteiger partial charge < -0.3 is 30.6 Å². The maximum atomic E-state index is 14.9. The molecule has 0 radical (unpaired) electrons. The quantitative estimate of drug-likeness (QED) is 0.435. The van der Waals surface area contributed by atoms with Gasteiger partial charge in [-0.25, -0.2) is 19.3 Å². The first-order valence-electron chi connectivity index (χ1n) is 11.4. The number of aliphatic hydroxyl groups excluding tert-OH is 2. The van der Waals surface area contributed by atoms with Crippen LogP contribution in [-0.2, 0) is 4.74 Å². The fourth-order valence-corrected chi connectivity index (χ4v) is 4.31. The summed E-state index contributed by atoms with van der Waals surface area (Å²) < 4.78 is 21.7. The Morgan fingerprint density at radius 3 is 2.59 bits per heavy atom. The lowest BCUT2D eigenvalue weighted by molar-refractivity contribution is -0.00535. The summed E-state index contributed by atoms with van der Waals surface area (Å²) >= 11 is 6.19. The molecule has 5 rings (SSSR count). The fourth-order valence-electron chi connectivity index (χ4n) is 4.11. The maximum absolute atomic E-state index is 14.9. The summed E-state index contributed by atoms with van der Waals surface area (Å²) in [6.07, 6.45) is 4.18. The largest absolute Gasteiger partial charge is 0.393 e. The number of nitrogens with zero attached hydrogens (tertiary/aromatic N) is 4. The fraction of sp³-hybridized carbons (Fsp3) is 0.522. The molecule has 1 unspecified atom stereocenters. The van der Waals surface area contributed by atoms with Crippen molar-refractivity contribution in [2.24, 2.45) is 0 Å². The number of benzene rings is 1. The van der Waals surface area contributed by atoms with Gasteiger partial charge in [-0.05, 0) is 51.7 Å². The SMILES string of the molecule is CC(C)n1c(NC2CC(O)C2)nc2c(F)cc(-c3nc(N)ncc3Cl)cc21.OC1CCCOC1. The first kappa shape index (κ1) is 24.6. The summed E-state index contributed by atoms with van der Waals surface area (Å²) in [5, 5.41) is 21.9. The molecule has 1 saturated carbocycles. The number of halogens is 2. The zero-order chi connectivity index (χ0) is 24.4. The van der Waals surface area contributed by atoms with E-state index in [1.165, 1.54) is 12.3 Å². The highest BCUT2D eigenvalue weighted by Gasteiger charge is 2.29. The van der Waals surface area contributed by atoms with Gasteiger partial charge in [0.2, 0.25) is 11.9 Å². The molecule has 1 aliphatic carbocycles. The zero-order valence-corrected chi connectivity index (χ0v) is 20.0. The summed E-state index contributed by atoms with van der Waals surface area (Å²) in [7, 11) is 0. The lowest BCUT2D eigenvalue weighted by Crippen LogP contribution is -2.39. The van der Waals surface area contributed by atoms with Crippen molar-refractivity contribution in [3.8, 4) is 11.3 Å². The van der Waals surface area contributed by atoms with Crippen molar-refractivity contribution in [2.45, 2.75) is 63.8 Å². The van der Waals surface area contributed by atoms with Crippen molar-refractivity contribution in [2.75, 3.05) is 24.3 Å². The van der Waals surface area contributed by atoms with E-state index in [0.29, 0.717) is 47.2 Å². The van der Waals surface area contributed by atoms with E-state index in [-0.39, 0.29) is 35.8 Å². The summed E-state index contributed by atoms with van der Waals surface area (Å²) in [5.41, 5.74) is 7.45. The number of nitrogens with one attached hydrogen (secondary N) is 1. The summed E-state index contributed by atoms with van der Waals surface area (Å²) in [6, 6.07) is 3.33. The molecule has 0 bridgehead atoms. The number of fused-ring (bicyclic) bond motifs is 1. The Kier molecular flexibility index (Phi) is 7.51. The number of imidazole rings is 1. The minimum absolute atomic E-state index is 0.0445. The van der Waals surface area contributed by atoms with E-state index >= 15 is 0 Å². The van der Waals surface area contributed by atoms with Crippen LogP contribution in [0.4, 0.5) is 16.3 Å². The summed E-state index contributed by atoms with van der Waals surface area (Å²) in [6.45, 7) is 5.38.